The first-order valence-corrected chi connectivity index (χ1v) is 12.4. The Morgan fingerprint density at radius 3 is 2.20 bits per heavy atom. The van der Waals surface area contributed by atoms with E-state index >= 15 is 0 Å². The van der Waals surface area contributed by atoms with Gasteiger partial charge in [-0.05, 0) is 24.3 Å². The molecule has 1 aliphatic rings. The Morgan fingerprint density at radius 1 is 0.914 bits per heavy atom. The SMILES string of the molecule is O=C(OC[C@H]1CS[C@@H](n2cnc3c(Cl)ncnc32)[C@@H]1COC(=O)c1ccccc1)c1ccccc1. The zero-order valence-electron chi connectivity index (χ0n) is 18.5. The smallest absolute Gasteiger partial charge is 0.338 e. The van der Waals surface area contributed by atoms with Crippen molar-refractivity contribution in [1.29, 1.82) is 0 Å². The van der Waals surface area contributed by atoms with E-state index in [0.717, 1.165) is 0 Å². The van der Waals surface area contributed by atoms with Gasteiger partial charge in [-0.15, -0.1) is 11.8 Å². The Kier molecular flexibility index (Phi) is 6.96. The van der Waals surface area contributed by atoms with Gasteiger partial charge in [-0.1, -0.05) is 48.0 Å². The molecule has 0 aliphatic carbocycles. The Hall–Kier alpha value is -3.43. The quantitative estimate of drug-likeness (QED) is 0.262. The number of carbonyl (C=O) groups excluding carboxylic acids is 2. The first kappa shape index (κ1) is 23.3. The Bertz CT molecular complexity index is 1340. The minimum absolute atomic E-state index is 0.0454. The number of hydrogen-bond acceptors (Lipinski definition) is 8. The van der Waals surface area contributed by atoms with Gasteiger partial charge in [-0.25, -0.2) is 24.5 Å². The average Bonchev–Trinajstić information content (AvgIpc) is 3.51. The van der Waals surface area contributed by atoms with E-state index in [2.05, 4.69) is 15.0 Å². The molecule has 2 aromatic heterocycles. The normalized spacial score (nSPS) is 19.5. The van der Waals surface area contributed by atoms with Crippen molar-refractivity contribution in [2.75, 3.05) is 19.0 Å². The lowest BCUT2D eigenvalue weighted by Crippen LogP contribution is -2.28. The van der Waals surface area contributed by atoms with Gasteiger partial charge in [0, 0.05) is 17.6 Å². The fourth-order valence-corrected chi connectivity index (χ4v) is 5.89. The zero-order valence-corrected chi connectivity index (χ0v) is 20.1. The second-order valence-electron chi connectivity index (χ2n) is 8.07. The van der Waals surface area contributed by atoms with Gasteiger partial charge in [0.05, 0.1) is 36.0 Å². The molecule has 0 unspecified atom stereocenters. The molecule has 3 atom stereocenters. The summed E-state index contributed by atoms with van der Waals surface area (Å²) in [5.74, 6) is -0.272. The van der Waals surface area contributed by atoms with E-state index in [9.17, 15) is 9.59 Å². The van der Waals surface area contributed by atoms with Crippen LogP contribution < -0.4 is 0 Å². The number of thioether (sulfide) groups is 1. The largest absolute Gasteiger partial charge is 0.462 e. The highest BCUT2D eigenvalue weighted by Crippen LogP contribution is 2.46. The number of benzene rings is 2. The van der Waals surface area contributed by atoms with Crippen molar-refractivity contribution in [2.24, 2.45) is 11.8 Å². The van der Waals surface area contributed by atoms with Crippen LogP contribution in [-0.4, -0.2) is 50.4 Å². The predicted octanol–water partition coefficient (Wildman–Crippen LogP) is 4.67. The monoisotopic (exact) mass is 508 g/mol. The number of halogens is 1. The maximum Gasteiger partial charge on any atom is 0.338 e. The van der Waals surface area contributed by atoms with Gasteiger partial charge in [0.2, 0.25) is 0 Å². The number of hydrogen-bond donors (Lipinski definition) is 0. The molecule has 0 radical (unpaired) electrons. The molecule has 0 N–H and O–H groups in total. The number of ether oxygens (including phenoxy) is 2. The average molecular weight is 509 g/mol. The predicted molar refractivity (Wildman–Crippen MR) is 132 cm³/mol. The van der Waals surface area contributed by atoms with Crippen LogP contribution in [0.3, 0.4) is 0 Å². The molecular weight excluding hydrogens is 488 g/mol. The Balaban J connectivity index is 1.36. The molecule has 3 heterocycles. The van der Waals surface area contributed by atoms with Crippen molar-refractivity contribution >= 4 is 46.5 Å². The van der Waals surface area contributed by atoms with E-state index in [1.807, 2.05) is 16.7 Å². The minimum atomic E-state index is -0.401. The van der Waals surface area contributed by atoms with Crippen LogP contribution in [0.5, 0.6) is 0 Å². The van der Waals surface area contributed by atoms with Crippen molar-refractivity contribution in [3.63, 3.8) is 0 Å². The van der Waals surface area contributed by atoms with E-state index < -0.39 is 5.97 Å². The van der Waals surface area contributed by atoms with E-state index in [4.69, 9.17) is 21.1 Å². The van der Waals surface area contributed by atoms with E-state index in [-0.39, 0.29) is 41.5 Å². The van der Waals surface area contributed by atoms with Crippen molar-refractivity contribution in [2.45, 2.75) is 5.37 Å². The van der Waals surface area contributed by atoms with Crippen LogP contribution in [0.15, 0.2) is 73.3 Å². The van der Waals surface area contributed by atoms with Crippen LogP contribution in [0, 0.1) is 11.8 Å². The highest BCUT2D eigenvalue weighted by molar-refractivity contribution is 7.99. The maximum atomic E-state index is 12.6. The van der Waals surface area contributed by atoms with Gasteiger partial charge in [0.1, 0.15) is 11.8 Å². The lowest BCUT2D eigenvalue weighted by Gasteiger charge is -2.24. The molecule has 0 saturated carbocycles. The maximum absolute atomic E-state index is 12.6. The highest BCUT2D eigenvalue weighted by atomic mass is 35.5. The van der Waals surface area contributed by atoms with Crippen LogP contribution in [-0.2, 0) is 9.47 Å². The van der Waals surface area contributed by atoms with Gasteiger partial charge in [-0.3, -0.25) is 0 Å². The molecule has 1 saturated heterocycles. The molecule has 0 amide bonds. The summed E-state index contributed by atoms with van der Waals surface area (Å²) in [5.41, 5.74) is 2.08. The summed E-state index contributed by atoms with van der Waals surface area (Å²) < 4.78 is 13.3. The molecule has 1 fully saturated rings. The van der Waals surface area contributed by atoms with E-state index in [1.165, 1.54) is 6.33 Å². The molecule has 10 heteroatoms. The van der Waals surface area contributed by atoms with Crippen molar-refractivity contribution in [3.05, 3.63) is 89.6 Å². The van der Waals surface area contributed by atoms with Crippen LogP contribution in [0.4, 0.5) is 0 Å². The molecular formula is C25H21ClN4O4S. The number of aromatic nitrogens is 4. The van der Waals surface area contributed by atoms with Crippen LogP contribution in [0.25, 0.3) is 11.2 Å². The molecule has 0 spiro atoms. The van der Waals surface area contributed by atoms with Gasteiger partial charge in [-0.2, -0.15) is 0 Å². The second kappa shape index (κ2) is 10.5. The zero-order chi connectivity index (χ0) is 24.2. The standard InChI is InChI=1S/C25H21ClN4O4S/c26-21-20-22(28-14-27-21)30(15-29-20)23-19(12-34-25(32)17-9-5-2-6-10-17)18(13-35-23)11-33-24(31)16-7-3-1-4-8-16/h1-10,14-15,18-19,23H,11-13H2/t18-,19+,23+/m0/s1. The molecule has 5 rings (SSSR count). The molecule has 35 heavy (non-hydrogen) atoms. The first-order chi connectivity index (χ1) is 17.1. The molecule has 1 aliphatic heterocycles. The number of carbonyl (C=O) groups is 2. The molecule has 8 nitrogen and oxygen atoms in total. The summed E-state index contributed by atoms with van der Waals surface area (Å²) in [6, 6.07) is 17.7. The summed E-state index contributed by atoms with van der Waals surface area (Å²) in [7, 11) is 0. The molecule has 178 valence electrons. The summed E-state index contributed by atoms with van der Waals surface area (Å²) in [5, 5.41) is 0.132. The number of esters is 2. The van der Waals surface area contributed by atoms with E-state index in [0.29, 0.717) is 28.0 Å². The lowest BCUT2D eigenvalue weighted by molar-refractivity contribution is 0.0245. The summed E-state index contributed by atoms with van der Waals surface area (Å²) in [4.78, 5) is 37.9. The highest BCUT2D eigenvalue weighted by Gasteiger charge is 2.40. The van der Waals surface area contributed by atoms with Gasteiger partial charge in [0.25, 0.3) is 0 Å². The van der Waals surface area contributed by atoms with Crippen LogP contribution >= 0.6 is 23.4 Å². The van der Waals surface area contributed by atoms with Crippen molar-refractivity contribution < 1.29 is 19.1 Å². The molecule has 2 aromatic carbocycles. The topological polar surface area (TPSA) is 96.2 Å². The van der Waals surface area contributed by atoms with Crippen molar-refractivity contribution in [1.82, 2.24) is 19.5 Å². The minimum Gasteiger partial charge on any atom is -0.462 e. The van der Waals surface area contributed by atoms with E-state index in [1.54, 1.807) is 66.6 Å². The van der Waals surface area contributed by atoms with Gasteiger partial charge >= 0.3 is 11.9 Å². The molecule has 0 bridgehead atoms. The van der Waals surface area contributed by atoms with Gasteiger partial charge < -0.3 is 14.0 Å². The Morgan fingerprint density at radius 2 is 1.54 bits per heavy atom. The number of rotatable bonds is 7. The third-order valence-electron chi connectivity index (χ3n) is 5.90. The number of nitrogens with zero attached hydrogens (tertiary/aromatic N) is 4. The number of fused-ring (bicyclic) bond motifs is 1. The first-order valence-electron chi connectivity index (χ1n) is 11.0. The fraction of sp³-hybridized carbons (Fsp3) is 0.240. The van der Waals surface area contributed by atoms with Crippen LogP contribution in [0.2, 0.25) is 5.15 Å². The second-order valence-corrected chi connectivity index (χ2v) is 9.57. The molecule has 4 aromatic rings. The summed E-state index contributed by atoms with van der Waals surface area (Å²) in [6.45, 7) is 0.352. The fourth-order valence-electron chi connectivity index (χ4n) is 4.06. The lowest BCUT2D eigenvalue weighted by atomic mass is 9.95. The van der Waals surface area contributed by atoms with Crippen LogP contribution in [0.1, 0.15) is 26.1 Å². The Labute approximate surface area is 210 Å². The summed E-state index contributed by atoms with van der Waals surface area (Å²) in [6.07, 6.45) is 3.07. The third-order valence-corrected chi connectivity index (χ3v) is 7.71. The summed E-state index contributed by atoms with van der Waals surface area (Å²) >= 11 is 7.86. The third kappa shape index (κ3) is 5.01. The number of imidazole rings is 1. The van der Waals surface area contributed by atoms with Crippen molar-refractivity contribution in [3.8, 4) is 0 Å². The van der Waals surface area contributed by atoms with Gasteiger partial charge in [0.15, 0.2) is 10.8 Å².